The van der Waals surface area contributed by atoms with Crippen molar-refractivity contribution in [2.45, 2.75) is 37.8 Å². The zero-order valence-corrected chi connectivity index (χ0v) is 17.3. The van der Waals surface area contributed by atoms with Gasteiger partial charge in [0.2, 0.25) is 11.8 Å². The van der Waals surface area contributed by atoms with E-state index in [1.807, 2.05) is 4.90 Å². The van der Waals surface area contributed by atoms with E-state index >= 15 is 0 Å². The molecule has 3 N–H and O–H groups in total. The summed E-state index contributed by atoms with van der Waals surface area (Å²) in [7, 11) is 0. The zero-order chi connectivity index (χ0) is 17.4. The van der Waals surface area contributed by atoms with Crippen LogP contribution in [-0.2, 0) is 14.3 Å². The van der Waals surface area contributed by atoms with Crippen molar-refractivity contribution in [1.82, 2.24) is 15.1 Å². The molecule has 2 saturated heterocycles. The van der Waals surface area contributed by atoms with Crippen LogP contribution in [0.1, 0.15) is 25.7 Å². The van der Waals surface area contributed by atoms with Crippen molar-refractivity contribution in [3.63, 3.8) is 0 Å². The van der Waals surface area contributed by atoms with Gasteiger partial charge < -0.3 is 20.7 Å². The predicted molar refractivity (Wildman–Crippen MR) is 107 cm³/mol. The molecule has 0 aromatic carbocycles. The lowest BCUT2D eigenvalue weighted by atomic mass is 9.84. The molecule has 2 amide bonds. The molecule has 2 aliphatic carbocycles. The van der Waals surface area contributed by atoms with E-state index in [1.54, 1.807) is 0 Å². The smallest absolute Gasteiger partial charge is 0.225 e. The molecule has 7 nitrogen and oxygen atoms in total. The third-order valence-electron chi connectivity index (χ3n) is 6.63. The molecule has 9 heteroatoms. The first-order chi connectivity index (χ1) is 12.1. The van der Waals surface area contributed by atoms with Crippen LogP contribution >= 0.6 is 24.8 Å². The molecular weight excluding hydrogens is 391 g/mol. The van der Waals surface area contributed by atoms with Crippen molar-refractivity contribution in [1.29, 1.82) is 0 Å². The van der Waals surface area contributed by atoms with Gasteiger partial charge in [0.25, 0.3) is 0 Å². The molecule has 2 aliphatic heterocycles. The summed E-state index contributed by atoms with van der Waals surface area (Å²) in [5.74, 6) is 1.16. The Labute approximate surface area is 173 Å². The molecule has 0 radical (unpaired) electrons. The number of hydrogen-bond acceptors (Lipinski definition) is 5. The Balaban J connectivity index is 0.00000131. The summed E-state index contributed by atoms with van der Waals surface area (Å²) in [5, 5.41) is 3.12. The number of morpholine rings is 1. The molecule has 27 heavy (non-hydrogen) atoms. The highest BCUT2D eigenvalue weighted by molar-refractivity contribution is 5.86. The maximum Gasteiger partial charge on any atom is 0.225 e. The van der Waals surface area contributed by atoms with Gasteiger partial charge in [-0.3, -0.25) is 14.5 Å². The molecule has 0 spiro atoms. The Hall–Kier alpha value is -0.600. The van der Waals surface area contributed by atoms with Crippen LogP contribution in [0.5, 0.6) is 0 Å². The summed E-state index contributed by atoms with van der Waals surface area (Å²) in [6.45, 7) is 5.67. The number of halogens is 2. The normalized spacial score (nSPS) is 35.7. The fourth-order valence-corrected chi connectivity index (χ4v) is 5.19. The van der Waals surface area contributed by atoms with E-state index in [0.29, 0.717) is 24.8 Å². The lowest BCUT2D eigenvalue weighted by Crippen LogP contribution is -2.49. The largest absolute Gasteiger partial charge is 0.379 e. The molecule has 156 valence electrons. The molecule has 2 bridgehead atoms. The summed E-state index contributed by atoms with van der Waals surface area (Å²) in [6.07, 6.45) is 3.83. The lowest BCUT2D eigenvalue weighted by molar-refractivity contribution is -0.128. The summed E-state index contributed by atoms with van der Waals surface area (Å²) in [5.41, 5.74) is 6.27. The van der Waals surface area contributed by atoms with Gasteiger partial charge in [0.05, 0.1) is 25.2 Å². The summed E-state index contributed by atoms with van der Waals surface area (Å²) >= 11 is 0. The SMILES string of the molecule is Cl.Cl.NC1C2CCC(C2)C1C(=O)NC1CC(=O)N(CCN2CCOCC2)C1. The van der Waals surface area contributed by atoms with Gasteiger partial charge in [-0.2, -0.15) is 0 Å². The van der Waals surface area contributed by atoms with Crippen LogP contribution in [0.15, 0.2) is 0 Å². The monoisotopic (exact) mass is 422 g/mol. The fraction of sp³-hybridized carbons (Fsp3) is 0.889. The van der Waals surface area contributed by atoms with E-state index in [0.717, 1.165) is 52.2 Å². The van der Waals surface area contributed by atoms with E-state index in [2.05, 4.69) is 10.2 Å². The van der Waals surface area contributed by atoms with Crippen LogP contribution in [0, 0.1) is 17.8 Å². The molecule has 4 aliphatic rings. The standard InChI is InChI=1S/C18H30N4O3.2ClH/c19-17-13-2-1-12(9-13)16(17)18(24)20-14-10-15(23)22(11-14)4-3-21-5-7-25-8-6-21;;/h12-14,16-17H,1-11,19H2,(H,20,24);2*1H. The van der Waals surface area contributed by atoms with Crippen LogP contribution in [0.4, 0.5) is 0 Å². The predicted octanol–water partition coefficient (Wildman–Crippen LogP) is 0.253. The van der Waals surface area contributed by atoms with E-state index in [4.69, 9.17) is 10.5 Å². The maximum absolute atomic E-state index is 12.7. The molecule has 5 unspecified atom stereocenters. The van der Waals surface area contributed by atoms with Gasteiger partial charge >= 0.3 is 0 Å². The number of nitrogens with zero attached hydrogens (tertiary/aromatic N) is 2. The Bertz CT molecular complexity index is 531. The number of hydrogen-bond donors (Lipinski definition) is 2. The van der Waals surface area contributed by atoms with Crippen molar-refractivity contribution >= 4 is 36.6 Å². The second-order valence-corrected chi connectivity index (χ2v) is 8.14. The second kappa shape index (κ2) is 9.74. The summed E-state index contributed by atoms with van der Waals surface area (Å²) in [4.78, 5) is 29.2. The van der Waals surface area contributed by atoms with Crippen LogP contribution in [0.3, 0.4) is 0 Å². The van der Waals surface area contributed by atoms with Crippen molar-refractivity contribution < 1.29 is 14.3 Å². The van der Waals surface area contributed by atoms with Gasteiger partial charge in [-0.25, -0.2) is 0 Å². The van der Waals surface area contributed by atoms with Gasteiger partial charge in [0.15, 0.2) is 0 Å². The first kappa shape index (κ1) is 22.7. The topological polar surface area (TPSA) is 87.9 Å². The Morgan fingerprint density at radius 2 is 1.85 bits per heavy atom. The van der Waals surface area contributed by atoms with Crippen LogP contribution in [0.2, 0.25) is 0 Å². The van der Waals surface area contributed by atoms with Crippen LogP contribution < -0.4 is 11.1 Å². The number of rotatable bonds is 5. The summed E-state index contributed by atoms with van der Waals surface area (Å²) < 4.78 is 5.35. The highest BCUT2D eigenvalue weighted by Crippen LogP contribution is 2.47. The lowest BCUT2D eigenvalue weighted by Gasteiger charge is -2.29. The van der Waals surface area contributed by atoms with Crippen molar-refractivity contribution in [3.05, 3.63) is 0 Å². The highest BCUT2D eigenvalue weighted by Gasteiger charge is 2.49. The average Bonchev–Trinajstić information content (AvgIpc) is 3.29. The molecule has 2 saturated carbocycles. The van der Waals surface area contributed by atoms with E-state index in [9.17, 15) is 9.59 Å². The number of ether oxygens (including phenoxy) is 1. The van der Waals surface area contributed by atoms with Gasteiger partial charge in [-0.1, -0.05) is 0 Å². The van der Waals surface area contributed by atoms with Gasteiger partial charge in [-0.05, 0) is 31.1 Å². The number of likely N-dealkylation sites (tertiary alicyclic amines) is 1. The number of carbonyl (C=O) groups excluding carboxylic acids is 2. The second-order valence-electron chi connectivity index (χ2n) is 8.14. The Morgan fingerprint density at radius 1 is 1.15 bits per heavy atom. The van der Waals surface area contributed by atoms with Crippen LogP contribution in [0.25, 0.3) is 0 Å². The van der Waals surface area contributed by atoms with Gasteiger partial charge in [-0.15, -0.1) is 24.8 Å². The molecule has 4 fully saturated rings. The molecule has 5 atom stereocenters. The number of nitrogens with one attached hydrogen (secondary N) is 1. The first-order valence-electron chi connectivity index (χ1n) is 9.75. The van der Waals surface area contributed by atoms with Crippen molar-refractivity contribution in [2.24, 2.45) is 23.5 Å². The van der Waals surface area contributed by atoms with Crippen molar-refractivity contribution in [3.8, 4) is 0 Å². The third-order valence-corrected chi connectivity index (χ3v) is 6.63. The minimum Gasteiger partial charge on any atom is -0.379 e. The van der Waals surface area contributed by atoms with Gasteiger partial charge in [0, 0.05) is 45.2 Å². The maximum atomic E-state index is 12.7. The molecule has 0 aromatic rings. The average molecular weight is 423 g/mol. The minimum absolute atomic E-state index is 0. The Kier molecular flexibility index (Phi) is 8.19. The number of nitrogens with two attached hydrogens (primary N) is 1. The number of amides is 2. The molecule has 0 aromatic heterocycles. The quantitative estimate of drug-likeness (QED) is 0.662. The Morgan fingerprint density at radius 3 is 2.52 bits per heavy atom. The number of fused-ring (bicyclic) bond motifs is 2. The van der Waals surface area contributed by atoms with Crippen LogP contribution in [-0.4, -0.2) is 79.6 Å². The molecule has 2 heterocycles. The third kappa shape index (κ3) is 4.88. The van der Waals surface area contributed by atoms with E-state index in [1.165, 1.54) is 6.42 Å². The minimum atomic E-state index is -0.0592. The van der Waals surface area contributed by atoms with Crippen molar-refractivity contribution in [2.75, 3.05) is 45.9 Å². The summed E-state index contributed by atoms with van der Waals surface area (Å²) in [6, 6.07) is -0.0516. The number of carbonyl (C=O) groups is 2. The molecular formula is C18H32Cl2N4O3. The first-order valence-corrected chi connectivity index (χ1v) is 9.75. The zero-order valence-electron chi connectivity index (χ0n) is 15.7. The fourth-order valence-electron chi connectivity index (χ4n) is 5.19. The van der Waals surface area contributed by atoms with E-state index in [-0.39, 0.29) is 54.6 Å². The van der Waals surface area contributed by atoms with Gasteiger partial charge in [0.1, 0.15) is 0 Å². The molecule has 4 rings (SSSR count). The highest BCUT2D eigenvalue weighted by atomic mass is 35.5. The van der Waals surface area contributed by atoms with E-state index < -0.39 is 0 Å².